The first kappa shape index (κ1) is 86.8. The first-order chi connectivity index (χ1) is 44.0. The van der Waals surface area contributed by atoms with Gasteiger partial charge in [-0.2, -0.15) is 0 Å². The van der Waals surface area contributed by atoms with Gasteiger partial charge >= 0.3 is 5.97 Å². The molecule has 0 aliphatic carbocycles. The zero-order valence-electron chi connectivity index (χ0n) is 60.2. The van der Waals surface area contributed by atoms with Gasteiger partial charge in [-0.1, -0.05) is 390 Å². The van der Waals surface area contributed by atoms with Gasteiger partial charge in [0.15, 0.2) is 0 Å². The molecule has 0 rings (SSSR count). The van der Waals surface area contributed by atoms with Gasteiger partial charge in [0.05, 0.1) is 25.4 Å². The van der Waals surface area contributed by atoms with Gasteiger partial charge in [-0.05, 0) is 89.9 Å². The van der Waals surface area contributed by atoms with Crippen molar-refractivity contribution in [2.45, 2.75) is 456 Å². The number of hydrogen-bond donors (Lipinski definition) is 3. The van der Waals surface area contributed by atoms with Crippen LogP contribution in [0.4, 0.5) is 0 Å². The van der Waals surface area contributed by atoms with E-state index in [9.17, 15) is 19.8 Å². The quantitative estimate of drug-likeness (QED) is 0.0320. The maximum absolute atomic E-state index is 12.6. The van der Waals surface area contributed by atoms with E-state index in [-0.39, 0.29) is 18.5 Å². The van der Waals surface area contributed by atoms with Crippen molar-refractivity contribution in [1.29, 1.82) is 0 Å². The summed E-state index contributed by atoms with van der Waals surface area (Å²) < 4.78 is 5.50. The normalized spacial score (nSPS) is 12.7. The van der Waals surface area contributed by atoms with E-state index in [1.807, 2.05) is 6.08 Å². The molecule has 0 aromatic heterocycles. The Morgan fingerprint density at radius 3 is 0.888 bits per heavy atom. The molecule has 524 valence electrons. The average molecular weight is 1250 g/mol. The van der Waals surface area contributed by atoms with Gasteiger partial charge in [0.2, 0.25) is 5.91 Å². The SMILES string of the molecule is CCCCC/C=C\C/C=C\CCCCCCCCCC(=O)OCCCCCCCCCCCCCC/C=C\CCCCCCCCCCCCCCCCCC(=O)NC(CO)C(O)/C=C/CCCCCCCCCCCCCCCCCCCCCCCC. The van der Waals surface area contributed by atoms with Crippen molar-refractivity contribution in [1.82, 2.24) is 5.32 Å². The van der Waals surface area contributed by atoms with E-state index in [0.29, 0.717) is 19.4 Å². The molecule has 1 amide bonds. The minimum atomic E-state index is -0.845. The molecule has 0 radical (unpaired) electrons. The number of amides is 1. The van der Waals surface area contributed by atoms with Crippen LogP contribution in [0.5, 0.6) is 0 Å². The van der Waals surface area contributed by atoms with E-state index in [0.717, 1.165) is 51.4 Å². The number of esters is 1. The number of unbranched alkanes of at least 4 members (excludes halogenated alkanes) is 59. The molecule has 0 heterocycles. The highest BCUT2D eigenvalue weighted by atomic mass is 16.5. The third-order valence-corrected chi connectivity index (χ3v) is 18.8. The summed E-state index contributed by atoms with van der Waals surface area (Å²) in [7, 11) is 0. The molecule has 0 fully saturated rings. The number of aliphatic hydroxyl groups excluding tert-OH is 2. The number of hydrogen-bond acceptors (Lipinski definition) is 5. The van der Waals surface area contributed by atoms with Crippen LogP contribution in [0.25, 0.3) is 0 Å². The van der Waals surface area contributed by atoms with E-state index in [2.05, 4.69) is 55.6 Å². The molecule has 6 heteroatoms. The summed E-state index contributed by atoms with van der Waals surface area (Å²) in [6.45, 7) is 4.92. The fraction of sp³-hybridized carbons (Fsp3) is 0.880. The van der Waals surface area contributed by atoms with Gasteiger partial charge in [0.25, 0.3) is 0 Å². The highest BCUT2D eigenvalue weighted by molar-refractivity contribution is 5.76. The fourth-order valence-corrected chi connectivity index (χ4v) is 12.7. The van der Waals surface area contributed by atoms with Gasteiger partial charge in [-0.25, -0.2) is 0 Å². The lowest BCUT2D eigenvalue weighted by Crippen LogP contribution is -2.45. The summed E-state index contributed by atoms with van der Waals surface area (Å²) in [4.78, 5) is 24.7. The Morgan fingerprint density at radius 2 is 0.562 bits per heavy atom. The standard InChI is InChI=1S/C83H157NO5/c1-3-5-7-9-11-13-15-17-19-21-22-23-24-34-37-40-44-47-51-55-59-63-67-71-75-81(86)80(79-85)84-82(87)76-72-68-64-60-56-52-48-45-41-38-35-32-30-28-26-25-27-29-31-33-36-39-42-46-50-54-58-62-66-70-74-78-89-83(88)77-73-69-65-61-57-53-49-43-20-18-16-14-12-10-8-6-4-2/h12,14,18,20,27,29,71,75,80-81,85-86H,3-11,13,15-17,19,21-26,28,30-70,72-74,76-79H2,1-2H3,(H,84,87)/b14-12-,20-18-,29-27-,75-71+. The van der Waals surface area contributed by atoms with E-state index in [1.54, 1.807) is 6.08 Å². The summed E-state index contributed by atoms with van der Waals surface area (Å²) in [6, 6.07) is -0.628. The molecule has 2 atom stereocenters. The molecule has 0 spiro atoms. The fourth-order valence-electron chi connectivity index (χ4n) is 12.7. The van der Waals surface area contributed by atoms with E-state index < -0.39 is 12.1 Å². The molecule has 0 aliphatic rings. The average Bonchev–Trinajstić information content (AvgIpc) is 3.64. The first-order valence-electron chi connectivity index (χ1n) is 40.4. The Morgan fingerprint density at radius 1 is 0.315 bits per heavy atom. The van der Waals surface area contributed by atoms with E-state index in [4.69, 9.17) is 4.74 Å². The van der Waals surface area contributed by atoms with E-state index in [1.165, 1.54) is 366 Å². The number of carbonyl (C=O) groups excluding carboxylic acids is 2. The van der Waals surface area contributed by atoms with E-state index >= 15 is 0 Å². The third-order valence-electron chi connectivity index (χ3n) is 18.8. The highest BCUT2D eigenvalue weighted by Gasteiger charge is 2.18. The summed E-state index contributed by atoms with van der Waals surface area (Å²) >= 11 is 0. The smallest absolute Gasteiger partial charge is 0.305 e. The van der Waals surface area contributed by atoms with Gasteiger partial charge in [0.1, 0.15) is 0 Å². The number of nitrogens with one attached hydrogen (secondary N) is 1. The zero-order chi connectivity index (χ0) is 64.2. The van der Waals surface area contributed by atoms with Crippen LogP contribution in [0.15, 0.2) is 48.6 Å². The molecular weight excluding hydrogens is 1090 g/mol. The largest absolute Gasteiger partial charge is 0.466 e. The second-order valence-corrected chi connectivity index (χ2v) is 27.7. The lowest BCUT2D eigenvalue weighted by molar-refractivity contribution is -0.143. The molecule has 0 aromatic carbocycles. The molecule has 0 bridgehead atoms. The second kappa shape index (κ2) is 78.3. The Bertz CT molecular complexity index is 1490. The van der Waals surface area contributed by atoms with Crippen molar-refractivity contribution in [2.75, 3.05) is 13.2 Å². The Labute approximate surface area is 556 Å². The lowest BCUT2D eigenvalue weighted by atomic mass is 10.0. The predicted octanol–water partition coefficient (Wildman–Crippen LogP) is 26.8. The molecule has 6 nitrogen and oxygen atoms in total. The van der Waals surface area contributed by atoms with Crippen LogP contribution in [0.2, 0.25) is 0 Å². The number of aliphatic hydroxyl groups is 2. The molecule has 89 heavy (non-hydrogen) atoms. The summed E-state index contributed by atoms with van der Waals surface area (Å²) in [5.41, 5.74) is 0. The summed E-state index contributed by atoms with van der Waals surface area (Å²) in [5.74, 6) is -0.0511. The summed E-state index contributed by atoms with van der Waals surface area (Å²) in [5, 5.41) is 23.3. The molecule has 2 unspecified atom stereocenters. The van der Waals surface area contributed by atoms with Crippen LogP contribution in [0.3, 0.4) is 0 Å². The number of rotatable bonds is 76. The minimum absolute atomic E-state index is 0.0102. The monoisotopic (exact) mass is 1250 g/mol. The zero-order valence-corrected chi connectivity index (χ0v) is 60.2. The lowest BCUT2D eigenvalue weighted by Gasteiger charge is -2.20. The first-order valence-corrected chi connectivity index (χ1v) is 40.4. The minimum Gasteiger partial charge on any atom is -0.466 e. The van der Waals surface area contributed by atoms with Crippen LogP contribution in [-0.2, 0) is 14.3 Å². The number of allylic oxidation sites excluding steroid dienone is 7. The molecule has 0 aromatic rings. The van der Waals surface area contributed by atoms with Crippen molar-refractivity contribution in [3.63, 3.8) is 0 Å². The maximum atomic E-state index is 12.6. The van der Waals surface area contributed by atoms with Gasteiger partial charge < -0.3 is 20.3 Å². The van der Waals surface area contributed by atoms with Gasteiger partial charge in [0, 0.05) is 12.8 Å². The number of carbonyl (C=O) groups is 2. The molecule has 0 saturated heterocycles. The topological polar surface area (TPSA) is 95.9 Å². The van der Waals surface area contributed by atoms with Crippen molar-refractivity contribution in [3.05, 3.63) is 48.6 Å². The highest BCUT2D eigenvalue weighted by Crippen LogP contribution is 2.19. The van der Waals surface area contributed by atoms with Crippen molar-refractivity contribution >= 4 is 11.9 Å². The maximum Gasteiger partial charge on any atom is 0.305 e. The Balaban J connectivity index is 3.39. The predicted molar refractivity (Wildman–Crippen MR) is 393 cm³/mol. The molecular formula is C83H157NO5. The van der Waals surface area contributed by atoms with Gasteiger partial charge in [-0.15, -0.1) is 0 Å². The third kappa shape index (κ3) is 74.7. The number of ether oxygens (including phenoxy) is 1. The van der Waals surface area contributed by atoms with Gasteiger partial charge in [-0.3, -0.25) is 9.59 Å². The Hall–Kier alpha value is -2.18. The molecule has 0 saturated carbocycles. The van der Waals surface area contributed by atoms with Crippen LogP contribution in [0, 0.1) is 0 Å². The second-order valence-electron chi connectivity index (χ2n) is 27.7. The summed E-state index contributed by atoms with van der Waals surface area (Å²) in [6.07, 6.45) is 104. The van der Waals surface area contributed by atoms with Crippen LogP contribution in [0.1, 0.15) is 444 Å². The van der Waals surface area contributed by atoms with Crippen LogP contribution < -0.4 is 5.32 Å². The Kier molecular flexibility index (Phi) is 76.3. The van der Waals surface area contributed by atoms with Crippen molar-refractivity contribution < 1.29 is 24.5 Å². The van der Waals surface area contributed by atoms with Crippen molar-refractivity contribution in [3.8, 4) is 0 Å². The molecule has 3 N–H and O–H groups in total. The van der Waals surface area contributed by atoms with Crippen molar-refractivity contribution in [2.24, 2.45) is 0 Å². The molecule has 0 aliphatic heterocycles. The van der Waals surface area contributed by atoms with Crippen LogP contribution in [-0.4, -0.2) is 47.4 Å². The van der Waals surface area contributed by atoms with Crippen LogP contribution >= 0.6 is 0 Å².